The Morgan fingerprint density at radius 1 is 1.39 bits per heavy atom. The summed E-state index contributed by atoms with van der Waals surface area (Å²) in [5, 5.41) is 6.72. The number of nitrogens with zero attached hydrogens (tertiary/aromatic N) is 2. The third kappa shape index (κ3) is 3.16. The van der Waals surface area contributed by atoms with Crippen LogP contribution in [-0.2, 0) is 13.5 Å². The molecular weight excluding hydrogens is 233 g/mol. The molecule has 5 heteroatoms. The van der Waals surface area contributed by atoms with E-state index in [9.17, 15) is 9.18 Å². The van der Waals surface area contributed by atoms with Gasteiger partial charge in [0.1, 0.15) is 5.82 Å². The van der Waals surface area contributed by atoms with Gasteiger partial charge in [0.05, 0.1) is 11.8 Å². The summed E-state index contributed by atoms with van der Waals surface area (Å²) in [6.45, 7) is 0.513. The Hall–Kier alpha value is -2.17. The maximum absolute atomic E-state index is 12.7. The minimum atomic E-state index is -0.252. The van der Waals surface area contributed by atoms with Gasteiger partial charge in [-0.2, -0.15) is 5.10 Å². The van der Waals surface area contributed by atoms with Crippen LogP contribution in [0.3, 0.4) is 0 Å². The van der Waals surface area contributed by atoms with Crippen LogP contribution in [0, 0.1) is 5.82 Å². The molecule has 1 aromatic heterocycles. The van der Waals surface area contributed by atoms with E-state index in [-0.39, 0.29) is 11.7 Å². The molecule has 0 unspecified atom stereocenters. The van der Waals surface area contributed by atoms with Gasteiger partial charge in [0.2, 0.25) is 0 Å². The van der Waals surface area contributed by atoms with E-state index < -0.39 is 0 Å². The summed E-state index contributed by atoms with van der Waals surface area (Å²) < 4.78 is 14.3. The molecular formula is C13H14FN3O. The first kappa shape index (κ1) is 12.3. The normalized spacial score (nSPS) is 10.3. The monoisotopic (exact) mass is 247 g/mol. The third-order valence-corrected chi connectivity index (χ3v) is 2.58. The summed E-state index contributed by atoms with van der Waals surface area (Å²) in [4.78, 5) is 11.7. The van der Waals surface area contributed by atoms with Gasteiger partial charge in [-0.1, -0.05) is 12.1 Å². The Morgan fingerprint density at radius 2 is 2.11 bits per heavy atom. The molecule has 1 amide bonds. The molecule has 0 spiro atoms. The molecule has 0 saturated carbocycles. The van der Waals surface area contributed by atoms with Crippen LogP contribution >= 0.6 is 0 Å². The van der Waals surface area contributed by atoms with Crippen LogP contribution in [0.1, 0.15) is 15.9 Å². The predicted molar refractivity (Wildman–Crippen MR) is 65.6 cm³/mol. The number of amides is 1. The fourth-order valence-corrected chi connectivity index (χ4v) is 1.61. The third-order valence-electron chi connectivity index (χ3n) is 2.58. The van der Waals surface area contributed by atoms with Gasteiger partial charge < -0.3 is 5.32 Å². The van der Waals surface area contributed by atoms with Gasteiger partial charge in [-0.3, -0.25) is 9.48 Å². The van der Waals surface area contributed by atoms with E-state index in [1.54, 1.807) is 30.1 Å². The Bertz CT molecular complexity index is 533. The molecule has 0 bridgehead atoms. The maximum atomic E-state index is 12.7. The Morgan fingerprint density at radius 3 is 2.72 bits per heavy atom. The second-order valence-electron chi connectivity index (χ2n) is 4.04. The number of carbonyl (C=O) groups is 1. The highest BCUT2D eigenvalue weighted by atomic mass is 19.1. The summed E-state index contributed by atoms with van der Waals surface area (Å²) in [7, 11) is 1.76. The number of halogens is 1. The van der Waals surface area contributed by atoms with Crippen LogP contribution in [0.25, 0.3) is 0 Å². The molecule has 0 aliphatic rings. The Balaban J connectivity index is 1.82. The van der Waals surface area contributed by atoms with E-state index in [4.69, 9.17) is 0 Å². The average molecular weight is 247 g/mol. The van der Waals surface area contributed by atoms with E-state index in [1.165, 1.54) is 18.3 Å². The number of rotatable bonds is 4. The van der Waals surface area contributed by atoms with Crippen molar-refractivity contribution in [3.05, 3.63) is 53.6 Å². The van der Waals surface area contributed by atoms with Gasteiger partial charge in [-0.05, 0) is 24.1 Å². The smallest absolute Gasteiger partial charge is 0.254 e. The molecule has 0 aliphatic carbocycles. The van der Waals surface area contributed by atoms with Crippen molar-refractivity contribution in [2.75, 3.05) is 6.54 Å². The van der Waals surface area contributed by atoms with Crippen molar-refractivity contribution in [2.24, 2.45) is 7.05 Å². The SMILES string of the molecule is Cn1cc(C(=O)NCCc2ccc(F)cc2)cn1. The molecule has 4 nitrogen and oxygen atoms in total. The van der Waals surface area contributed by atoms with E-state index in [2.05, 4.69) is 10.4 Å². The molecule has 0 saturated heterocycles. The topological polar surface area (TPSA) is 46.9 Å². The Labute approximate surface area is 104 Å². The van der Waals surface area contributed by atoms with Gasteiger partial charge in [-0.15, -0.1) is 0 Å². The van der Waals surface area contributed by atoms with E-state index in [0.29, 0.717) is 18.5 Å². The zero-order valence-corrected chi connectivity index (χ0v) is 10.1. The lowest BCUT2D eigenvalue weighted by molar-refractivity contribution is 0.0954. The number of nitrogens with one attached hydrogen (secondary N) is 1. The lowest BCUT2D eigenvalue weighted by atomic mass is 10.1. The fraction of sp³-hybridized carbons (Fsp3) is 0.231. The summed E-state index contributed by atoms with van der Waals surface area (Å²) in [5.74, 6) is -0.400. The molecule has 94 valence electrons. The summed E-state index contributed by atoms with van der Waals surface area (Å²) in [6, 6.07) is 6.26. The molecule has 2 aromatic rings. The molecule has 0 radical (unpaired) electrons. The largest absolute Gasteiger partial charge is 0.352 e. The first-order valence-corrected chi connectivity index (χ1v) is 5.66. The second kappa shape index (κ2) is 5.44. The number of aromatic nitrogens is 2. The van der Waals surface area contributed by atoms with Gasteiger partial charge in [-0.25, -0.2) is 4.39 Å². The van der Waals surface area contributed by atoms with Crippen molar-refractivity contribution in [2.45, 2.75) is 6.42 Å². The molecule has 18 heavy (non-hydrogen) atoms. The Kier molecular flexibility index (Phi) is 3.72. The highest BCUT2D eigenvalue weighted by Crippen LogP contribution is 2.03. The first-order chi connectivity index (χ1) is 8.65. The molecule has 2 rings (SSSR count). The van der Waals surface area contributed by atoms with Gasteiger partial charge in [0.15, 0.2) is 0 Å². The fourth-order valence-electron chi connectivity index (χ4n) is 1.61. The molecule has 1 aromatic carbocycles. The predicted octanol–water partition coefficient (Wildman–Crippen LogP) is 1.53. The van der Waals surface area contributed by atoms with Crippen molar-refractivity contribution in [3.63, 3.8) is 0 Å². The van der Waals surface area contributed by atoms with Crippen molar-refractivity contribution in [3.8, 4) is 0 Å². The van der Waals surface area contributed by atoms with Crippen LogP contribution in [-0.4, -0.2) is 22.2 Å². The molecule has 1 heterocycles. The molecule has 0 aliphatic heterocycles. The zero-order chi connectivity index (χ0) is 13.0. The number of hydrogen-bond acceptors (Lipinski definition) is 2. The van der Waals surface area contributed by atoms with Crippen LogP contribution < -0.4 is 5.32 Å². The standard InChI is InChI=1S/C13H14FN3O/c1-17-9-11(8-16-17)13(18)15-7-6-10-2-4-12(14)5-3-10/h2-5,8-9H,6-7H2,1H3,(H,15,18). The first-order valence-electron chi connectivity index (χ1n) is 5.66. The van der Waals surface area contributed by atoms with Crippen molar-refractivity contribution < 1.29 is 9.18 Å². The number of hydrogen-bond donors (Lipinski definition) is 1. The summed E-state index contributed by atoms with van der Waals surface area (Å²) in [5.41, 5.74) is 1.53. The lowest BCUT2D eigenvalue weighted by Gasteiger charge is -2.03. The maximum Gasteiger partial charge on any atom is 0.254 e. The van der Waals surface area contributed by atoms with Crippen molar-refractivity contribution >= 4 is 5.91 Å². The molecule has 1 N–H and O–H groups in total. The number of aryl methyl sites for hydroxylation is 1. The molecule has 0 fully saturated rings. The van der Waals surface area contributed by atoms with Crippen LogP contribution in [0.4, 0.5) is 4.39 Å². The van der Waals surface area contributed by atoms with Crippen molar-refractivity contribution in [1.82, 2.24) is 15.1 Å². The van der Waals surface area contributed by atoms with Gasteiger partial charge >= 0.3 is 0 Å². The quantitative estimate of drug-likeness (QED) is 0.890. The lowest BCUT2D eigenvalue weighted by Crippen LogP contribution is -2.25. The highest BCUT2D eigenvalue weighted by molar-refractivity contribution is 5.93. The highest BCUT2D eigenvalue weighted by Gasteiger charge is 2.06. The van der Waals surface area contributed by atoms with Crippen molar-refractivity contribution in [1.29, 1.82) is 0 Å². The van der Waals surface area contributed by atoms with E-state index in [1.807, 2.05) is 0 Å². The molecule has 0 atom stereocenters. The minimum absolute atomic E-state index is 0.148. The average Bonchev–Trinajstić information content (AvgIpc) is 2.78. The van der Waals surface area contributed by atoms with E-state index >= 15 is 0 Å². The zero-order valence-electron chi connectivity index (χ0n) is 10.1. The van der Waals surface area contributed by atoms with Gasteiger partial charge in [0.25, 0.3) is 5.91 Å². The van der Waals surface area contributed by atoms with Crippen LogP contribution in [0.5, 0.6) is 0 Å². The van der Waals surface area contributed by atoms with Crippen LogP contribution in [0.15, 0.2) is 36.7 Å². The van der Waals surface area contributed by atoms with Crippen LogP contribution in [0.2, 0.25) is 0 Å². The van der Waals surface area contributed by atoms with E-state index in [0.717, 1.165) is 5.56 Å². The summed E-state index contributed by atoms with van der Waals surface area (Å²) in [6.07, 6.45) is 3.85. The summed E-state index contributed by atoms with van der Waals surface area (Å²) >= 11 is 0. The number of benzene rings is 1. The van der Waals surface area contributed by atoms with Gasteiger partial charge in [0, 0.05) is 19.8 Å². The number of carbonyl (C=O) groups excluding carboxylic acids is 1. The second-order valence-corrected chi connectivity index (χ2v) is 4.04. The minimum Gasteiger partial charge on any atom is -0.352 e.